The molecule has 0 aliphatic rings. The van der Waals surface area contributed by atoms with E-state index in [0.717, 1.165) is 12.1 Å². The maximum absolute atomic E-state index is 11.7. The van der Waals surface area contributed by atoms with E-state index in [0.29, 0.717) is 17.5 Å². The van der Waals surface area contributed by atoms with E-state index >= 15 is 0 Å². The molecule has 0 spiro atoms. The molecule has 17 heavy (non-hydrogen) atoms. The highest BCUT2D eigenvalue weighted by Gasteiger charge is 2.06. The zero-order chi connectivity index (χ0) is 12.7. The first kappa shape index (κ1) is 14.1. The van der Waals surface area contributed by atoms with Gasteiger partial charge in [0.2, 0.25) is 5.91 Å². The lowest BCUT2D eigenvalue weighted by atomic mass is 10.1. The Morgan fingerprint density at radius 2 is 2.29 bits per heavy atom. The number of hydrogen-bond acceptors (Lipinski definition) is 3. The van der Waals surface area contributed by atoms with Gasteiger partial charge in [0.1, 0.15) is 0 Å². The molecule has 0 aliphatic carbocycles. The molecule has 1 rings (SSSR count). The van der Waals surface area contributed by atoms with Crippen LogP contribution in [0.5, 0.6) is 0 Å². The lowest BCUT2D eigenvalue weighted by molar-refractivity contribution is -0.113. The van der Waals surface area contributed by atoms with Gasteiger partial charge in [-0.15, -0.1) is 11.8 Å². The Labute approximate surface area is 107 Å². The average Bonchev–Trinajstić information content (AvgIpc) is 2.36. The highest BCUT2D eigenvalue weighted by molar-refractivity contribution is 8.00. The van der Waals surface area contributed by atoms with Gasteiger partial charge in [-0.3, -0.25) is 4.79 Å². The van der Waals surface area contributed by atoms with Crippen molar-refractivity contribution in [2.45, 2.75) is 25.5 Å². The number of nitrogens with one attached hydrogen (secondary N) is 1. The van der Waals surface area contributed by atoms with Gasteiger partial charge in [-0.2, -0.15) is 0 Å². The number of benzene rings is 1. The first-order chi connectivity index (χ1) is 8.15. The molecule has 0 bridgehead atoms. The molecule has 4 heteroatoms. The van der Waals surface area contributed by atoms with Crippen LogP contribution in [0.3, 0.4) is 0 Å². The summed E-state index contributed by atoms with van der Waals surface area (Å²) in [4.78, 5) is 11.7. The van der Waals surface area contributed by atoms with Crippen molar-refractivity contribution in [3.8, 4) is 0 Å². The molecule has 1 amide bonds. The number of carbonyl (C=O) groups excluding carboxylic acids is 1. The molecule has 1 atom stereocenters. The molecule has 1 unspecified atom stereocenters. The SMILES string of the molecule is CCc1cccc(NC(=O)CSC(C)CN)c1. The minimum atomic E-state index is 0.0311. The molecule has 0 saturated heterocycles. The molecular weight excluding hydrogens is 232 g/mol. The number of aryl methyl sites for hydroxylation is 1. The average molecular weight is 252 g/mol. The van der Waals surface area contributed by atoms with E-state index < -0.39 is 0 Å². The van der Waals surface area contributed by atoms with Gasteiger partial charge in [0.05, 0.1) is 5.75 Å². The van der Waals surface area contributed by atoms with Crippen LogP contribution in [0.15, 0.2) is 24.3 Å². The summed E-state index contributed by atoms with van der Waals surface area (Å²) < 4.78 is 0. The van der Waals surface area contributed by atoms with Crippen molar-refractivity contribution < 1.29 is 4.79 Å². The second kappa shape index (κ2) is 7.35. The van der Waals surface area contributed by atoms with Crippen LogP contribution < -0.4 is 11.1 Å². The zero-order valence-corrected chi connectivity index (χ0v) is 11.2. The fourth-order valence-electron chi connectivity index (χ4n) is 1.35. The molecule has 0 heterocycles. The van der Waals surface area contributed by atoms with Crippen LogP contribution in [0, 0.1) is 0 Å². The van der Waals surface area contributed by atoms with Crippen molar-refractivity contribution >= 4 is 23.4 Å². The largest absolute Gasteiger partial charge is 0.329 e. The Hall–Kier alpha value is -1.00. The van der Waals surface area contributed by atoms with E-state index in [1.165, 1.54) is 5.56 Å². The van der Waals surface area contributed by atoms with Gasteiger partial charge in [0.25, 0.3) is 0 Å². The second-order valence-electron chi connectivity index (χ2n) is 3.96. The maximum atomic E-state index is 11.7. The summed E-state index contributed by atoms with van der Waals surface area (Å²) in [5.74, 6) is 0.484. The van der Waals surface area contributed by atoms with E-state index in [1.807, 2.05) is 25.1 Å². The minimum absolute atomic E-state index is 0.0311. The molecule has 3 nitrogen and oxygen atoms in total. The maximum Gasteiger partial charge on any atom is 0.234 e. The highest BCUT2D eigenvalue weighted by Crippen LogP contribution is 2.13. The monoisotopic (exact) mass is 252 g/mol. The predicted molar refractivity (Wildman–Crippen MR) is 75.4 cm³/mol. The zero-order valence-electron chi connectivity index (χ0n) is 10.4. The van der Waals surface area contributed by atoms with Crippen molar-refractivity contribution in [3.63, 3.8) is 0 Å². The van der Waals surface area contributed by atoms with Gasteiger partial charge in [0.15, 0.2) is 0 Å². The Balaban J connectivity index is 2.44. The summed E-state index contributed by atoms with van der Waals surface area (Å²) in [6.45, 7) is 4.72. The molecule has 3 N–H and O–H groups in total. The topological polar surface area (TPSA) is 55.1 Å². The molecule has 0 aromatic heterocycles. The van der Waals surface area contributed by atoms with Crippen molar-refractivity contribution in [2.24, 2.45) is 5.73 Å². The molecular formula is C13H20N2OS. The summed E-state index contributed by atoms with van der Waals surface area (Å²) in [7, 11) is 0. The van der Waals surface area contributed by atoms with E-state index in [9.17, 15) is 4.79 Å². The van der Waals surface area contributed by atoms with Gasteiger partial charge < -0.3 is 11.1 Å². The predicted octanol–water partition coefficient (Wildman–Crippen LogP) is 2.27. The van der Waals surface area contributed by atoms with Crippen molar-refractivity contribution in [2.75, 3.05) is 17.6 Å². The van der Waals surface area contributed by atoms with Crippen LogP contribution in [-0.4, -0.2) is 23.5 Å². The number of hydrogen-bond donors (Lipinski definition) is 2. The third-order valence-electron chi connectivity index (χ3n) is 2.45. The third kappa shape index (κ3) is 5.24. The number of carbonyl (C=O) groups is 1. The molecule has 94 valence electrons. The Morgan fingerprint density at radius 1 is 1.53 bits per heavy atom. The first-order valence-electron chi connectivity index (χ1n) is 5.86. The quantitative estimate of drug-likeness (QED) is 0.816. The van der Waals surface area contributed by atoms with E-state index in [1.54, 1.807) is 11.8 Å². The van der Waals surface area contributed by atoms with E-state index in [-0.39, 0.29) is 5.91 Å². The summed E-state index contributed by atoms with van der Waals surface area (Å²) >= 11 is 1.58. The minimum Gasteiger partial charge on any atom is -0.329 e. The van der Waals surface area contributed by atoms with Crippen molar-refractivity contribution in [1.82, 2.24) is 0 Å². The lowest BCUT2D eigenvalue weighted by Crippen LogP contribution is -2.19. The van der Waals surface area contributed by atoms with Crippen LogP contribution in [0.2, 0.25) is 0 Å². The fourth-order valence-corrected chi connectivity index (χ4v) is 2.00. The number of nitrogens with two attached hydrogens (primary N) is 1. The number of rotatable bonds is 6. The van der Waals surface area contributed by atoms with Gasteiger partial charge in [-0.1, -0.05) is 26.0 Å². The molecule has 1 aromatic carbocycles. The van der Waals surface area contributed by atoms with E-state index in [2.05, 4.69) is 18.3 Å². The Morgan fingerprint density at radius 3 is 2.94 bits per heavy atom. The van der Waals surface area contributed by atoms with E-state index in [4.69, 9.17) is 5.73 Å². The second-order valence-corrected chi connectivity index (χ2v) is 5.39. The van der Waals surface area contributed by atoms with Crippen LogP contribution in [0.4, 0.5) is 5.69 Å². The number of anilines is 1. The summed E-state index contributed by atoms with van der Waals surface area (Å²) in [6.07, 6.45) is 0.975. The van der Waals surface area contributed by atoms with Crippen LogP contribution in [-0.2, 0) is 11.2 Å². The van der Waals surface area contributed by atoms with Crippen LogP contribution >= 0.6 is 11.8 Å². The summed E-state index contributed by atoms with van der Waals surface area (Å²) in [5.41, 5.74) is 7.59. The molecule has 0 aliphatic heterocycles. The number of thioether (sulfide) groups is 1. The molecule has 1 aromatic rings. The lowest BCUT2D eigenvalue weighted by Gasteiger charge is -2.09. The Bertz CT molecular complexity index is 368. The van der Waals surface area contributed by atoms with Gasteiger partial charge >= 0.3 is 0 Å². The highest BCUT2D eigenvalue weighted by atomic mass is 32.2. The summed E-state index contributed by atoms with van der Waals surface area (Å²) in [5, 5.41) is 3.22. The normalized spacial score (nSPS) is 12.2. The van der Waals surface area contributed by atoms with Gasteiger partial charge in [-0.05, 0) is 24.1 Å². The molecule has 0 radical (unpaired) electrons. The molecule has 0 fully saturated rings. The van der Waals surface area contributed by atoms with Crippen LogP contribution in [0.1, 0.15) is 19.4 Å². The van der Waals surface area contributed by atoms with Gasteiger partial charge in [-0.25, -0.2) is 0 Å². The number of amides is 1. The first-order valence-corrected chi connectivity index (χ1v) is 6.91. The molecule has 0 saturated carbocycles. The smallest absolute Gasteiger partial charge is 0.234 e. The fraction of sp³-hybridized carbons (Fsp3) is 0.462. The Kier molecular flexibility index (Phi) is 6.08. The van der Waals surface area contributed by atoms with Gasteiger partial charge in [0, 0.05) is 17.5 Å². The summed E-state index contributed by atoms with van der Waals surface area (Å²) in [6, 6.07) is 7.94. The third-order valence-corrected chi connectivity index (χ3v) is 3.64. The van der Waals surface area contributed by atoms with Crippen LogP contribution in [0.25, 0.3) is 0 Å². The standard InChI is InChI=1S/C13H20N2OS/c1-3-11-5-4-6-12(7-11)15-13(16)9-17-10(2)8-14/h4-7,10H,3,8-9,14H2,1-2H3,(H,15,16). The van der Waals surface area contributed by atoms with Crippen molar-refractivity contribution in [3.05, 3.63) is 29.8 Å². The van der Waals surface area contributed by atoms with Crippen molar-refractivity contribution in [1.29, 1.82) is 0 Å².